The van der Waals surface area contributed by atoms with Crippen LogP contribution >= 0.6 is 11.6 Å². The maximum atomic E-state index is 13.4. The first-order valence-electron chi connectivity index (χ1n) is 5.33. The van der Waals surface area contributed by atoms with Crippen LogP contribution in [0.3, 0.4) is 0 Å². The molecule has 90 valence electrons. The summed E-state index contributed by atoms with van der Waals surface area (Å²) in [5.74, 6) is -0.264. The highest BCUT2D eigenvalue weighted by molar-refractivity contribution is 6.32. The molecule has 0 amide bonds. The van der Waals surface area contributed by atoms with Gasteiger partial charge in [-0.15, -0.1) is 0 Å². The summed E-state index contributed by atoms with van der Waals surface area (Å²) in [6, 6.07) is 11.9. The first-order chi connectivity index (χ1) is 8.60. The summed E-state index contributed by atoms with van der Waals surface area (Å²) >= 11 is 5.92. The lowest BCUT2D eigenvalue weighted by Gasteiger charge is -2.08. The molecule has 2 aromatic rings. The molecule has 0 saturated carbocycles. The van der Waals surface area contributed by atoms with Crippen molar-refractivity contribution >= 4 is 23.0 Å². The van der Waals surface area contributed by atoms with Crippen LogP contribution in [0.1, 0.15) is 11.1 Å². The zero-order chi connectivity index (χ0) is 13.1. The smallest absolute Gasteiger partial charge is 0.128 e. The standard InChI is InChI=1S/C14H10ClFN2/c1-9-2-4-12(7-14(9)16)18-11-5-3-10(8-17)13(15)6-11/h2-7,18H,1H3. The van der Waals surface area contributed by atoms with Crippen molar-refractivity contribution in [2.45, 2.75) is 6.92 Å². The Morgan fingerprint density at radius 2 is 1.83 bits per heavy atom. The fourth-order valence-electron chi connectivity index (χ4n) is 1.52. The fraction of sp³-hybridized carbons (Fsp3) is 0.0714. The van der Waals surface area contributed by atoms with E-state index in [1.165, 1.54) is 6.07 Å². The number of anilines is 2. The van der Waals surface area contributed by atoms with Gasteiger partial charge in [0.15, 0.2) is 0 Å². The highest BCUT2D eigenvalue weighted by Crippen LogP contribution is 2.24. The molecule has 4 heteroatoms. The molecule has 2 aromatic carbocycles. The average molecular weight is 261 g/mol. The van der Waals surface area contributed by atoms with Crippen LogP contribution < -0.4 is 5.32 Å². The van der Waals surface area contributed by atoms with Crippen LogP contribution in [-0.4, -0.2) is 0 Å². The van der Waals surface area contributed by atoms with Crippen molar-refractivity contribution in [3.8, 4) is 6.07 Å². The molecule has 0 aliphatic heterocycles. The Labute approximate surface area is 110 Å². The molecular formula is C14H10ClFN2. The van der Waals surface area contributed by atoms with Crippen LogP contribution in [0.2, 0.25) is 5.02 Å². The molecule has 0 bridgehead atoms. The average Bonchev–Trinajstić information content (AvgIpc) is 2.34. The third kappa shape index (κ3) is 2.61. The van der Waals surface area contributed by atoms with Gasteiger partial charge in [0, 0.05) is 11.4 Å². The van der Waals surface area contributed by atoms with Gasteiger partial charge in [-0.05, 0) is 42.8 Å². The zero-order valence-corrected chi connectivity index (χ0v) is 10.4. The topological polar surface area (TPSA) is 35.8 Å². The number of nitriles is 1. The second kappa shape index (κ2) is 5.07. The van der Waals surface area contributed by atoms with E-state index in [0.29, 0.717) is 27.5 Å². The Morgan fingerprint density at radius 1 is 1.17 bits per heavy atom. The minimum atomic E-state index is -0.264. The van der Waals surface area contributed by atoms with E-state index in [9.17, 15) is 4.39 Å². The SMILES string of the molecule is Cc1ccc(Nc2ccc(C#N)c(Cl)c2)cc1F. The van der Waals surface area contributed by atoms with Gasteiger partial charge in [-0.3, -0.25) is 0 Å². The number of halogens is 2. The normalized spacial score (nSPS) is 9.89. The number of rotatable bonds is 2. The lowest BCUT2D eigenvalue weighted by Crippen LogP contribution is -1.92. The van der Waals surface area contributed by atoms with E-state index in [1.807, 2.05) is 6.07 Å². The Balaban J connectivity index is 2.26. The van der Waals surface area contributed by atoms with Crippen LogP contribution in [0, 0.1) is 24.1 Å². The molecular weight excluding hydrogens is 251 g/mol. The summed E-state index contributed by atoms with van der Waals surface area (Å²) in [5, 5.41) is 12.2. The van der Waals surface area contributed by atoms with Gasteiger partial charge in [0.2, 0.25) is 0 Å². The van der Waals surface area contributed by atoms with Crippen molar-refractivity contribution in [3.63, 3.8) is 0 Å². The van der Waals surface area contributed by atoms with E-state index < -0.39 is 0 Å². The number of aryl methyl sites for hydroxylation is 1. The predicted molar refractivity (Wildman–Crippen MR) is 70.6 cm³/mol. The fourth-order valence-corrected chi connectivity index (χ4v) is 1.74. The molecule has 18 heavy (non-hydrogen) atoms. The second-order valence-corrected chi connectivity index (χ2v) is 4.30. The summed E-state index contributed by atoms with van der Waals surface area (Å²) in [6.45, 7) is 1.71. The van der Waals surface area contributed by atoms with Crippen molar-refractivity contribution in [2.24, 2.45) is 0 Å². The van der Waals surface area contributed by atoms with E-state index in [0.717, 1.165) is 0 Å². The highest BCUT2D eigenvalue weighted by atomic mass is 35.5. The largest absolute Gasteiger partial charge is 0.355 e. The summed E-state index contributed by atoms with van der Waals surface area (Å²) in [5.41, 5.74) is 2.36. The molecule has 0 aromatic heterocycles. The molecule has 1 N–H and O–H groups in total. The number of benzene rings is 2. The minimum Gasteiger partial charge on any atom is -0.355 e. The summed E-state index contributed by atoms with van der Waals surface area (Å²) in [4.78, 5) is 0. The minimum absolute atomic E-state index is 0.264. The van der Waals surface area contributed by atoms with Crippen molar-refractivity contribution in [3.05, 3.63) is 58.4 Å². The third-order valence-electron chi connectivity index (χ3n) is 2.55. The van der Waals surface area contributed by atoms with Crippen LogP contribution in [0.15, 0.2) is 36.4 Å². The van der Waals surface area contributed by atoms with Gasteiger partial charge >= 0.3 is 0 Å². The molecule has 0 radical (unpaired) electrons. The third-order valence-corrected chi connectivity index (χ3v) is 2.86. The zero-order valence-electron chi connectivity index (χ0n) is 9.67. The lowest BCUT2D eigenvalue weighted by molar-refractivity contribution is 0.619. The first-order valence-corrected chi connectivity index (χ1v) is 5.71. The quantitative estimate of drug-likeness (QED) is 0.869. The first kappa shape index (κ1) is 12.4. The van der Waals surface area contributed by atoms with Crippen molar-refractivity contribution in [1.82, 2.24) is 0 Å². The summed E-state index contributed by atoms with van der Waals surface area (Å²) in [6.07, 6.45) is 0. The van der Waals surface area contributed by atoms with E-state index in [1.54, 1.807) is 37.3 Å². The monoisotopic (exact) mass is 260 g/mol. The molecule has 0 atom stereocenters. The Kier molecular flexibility index (Phi) is 3.50. The molecule has 2 rings (SSSR count). The van der Waals surface area contributed by atoms with Crippen LogP contribution in [0.4, 0.5) is 15.8 Å². The predicted octanol–water partition coefficient (Wildman–Crippen LogP) is 4.40. The molecule has 0 heterocycles. The van der Waals surface area contributed by atoms with Crippen molar-refractivity contribution < 1.29 is 4.39 Å². The van der Waals surface area contributed by atoms with Gasteiger partial charge in [-0.2, -0.15) is 5.26 Å². The number of hydrogen-bond donors (Lipinski definition) is 1. The van der Waals surface area contributed by atoms with Crippen LogP contribution in [0.5, 0.6) is 0 Å². The van der Waals surface area contributed by atoms with Gasteiger partial charge in [0.25, 0.3) is 0 Å². The van der Waals surface area contributed by atoms with E-state index in [4.69, 9.17) is 16.9 Å². The van der Waals surface area contributed by atoms with Gasteiger partial charge in [-0.25, -0.2) is 4.39 Å². The van der Waals surface area contributed by atoms with Crippen LogP contribution in [-0.2, 0) is 0 Å². The number of hydrogen-bond acceptors (Lipinski definition) is 2. The Morgan fingerprint density at radius 3 is 2.44 bits per heavy atom. The van der Waals surface area contributed by atoms with E-state index >= 15 is 0 Å². The van der Waals surface area contributed by atoms with Crippen molar-refractivity contribution in [1.29, 1.82) is 5.26 Å². The van der Waals surface area contributed by atoms with Crippen LogP contribution in [0.25, 0.3) is 0 Å². The highest BCUT2D eigenvalue weighted by Gasteiger charge is 2.03. The van der Waals surface area contributed by atoms with Gasteiger partial charge in [0.1, 0.15) is 11.9 Å². The maximum Gasteiger partial charge on any atom is 0.128 e. The molecule has 0 saturated heterocycles. The molecule has 0 spiro atoms. The molecule has 0 aliphatic carbocycles. The number of nitrogens with one attached hydrogen (secondary N) is 1. The molecule has 0 unspecified atom stereocenters. The van der Waals surface area contributed by atoms with Gasteiger partial charge in [-0.1, -0.05) is 17.7 Å². The van der Waals surface area contributed by atoms with Gasteiger partial charge < -0.3 is 5.32 Å². The Bertz CT molecular complexity index is 632. The van der Waals surface area contributed by atoms with Gasteiger partial charge in [0.05, 0.1) is 10.6 Å². The Hall–Kier alpha value is -2.05. The van der Waals surface area contributed by atoms with E-state index in [-0.39, 0.29) is 5.82 Å². The second-order valence-electron chi connectivity index (χ2n) is 3.90. The van der Waals surface area contributed by atoms with E-state index in [2.05, 4.69) is 5.32 Å². The summed E-state index contributed by atoms with van der Waals surface area (Å²) < 4.78 is 13.4. The molecule has 2 nitrogen and oxygen atoms in total. The number of nitrogens with zero attached hydrogens (tertiary/aromatic N) is 1. The maximum absolute atomic E-state index is 13.4. The molecule has 0 aliphatic rings. The summed E-state index contributed by atoms with van der Waals surface area (Å²) in [7, 11) is 0. The van der Waals surface area contributed by atoms with Crippen molar-refractivity contribution in [2.75, 3.05) is 5.32 Å². The molecule has 0 fully saturated rings. The lowest BCUT2D eigenvalue weighted by atomic mass is 10.2.